The number of furan rings is 1. The van der Waals surface area contributed by atoms with E-state index in [0.29, 0.717) is 11.3 Å². The smallest absolute Gasteiger partial charge is 0.189 e. The lowest BCUT2D eigenvalue weighted by atomic mass is 10.0. The first-order valence-electron chi connectivity index (χ1n) is 6.25. The number of carbonyl (C=O) groups excluding carboxylic acids is 2. The van der Waals surface area contributed by atoms with Crippen molar-refractivity contribution in [2.24, 2.45) is 0 Å². The molecule has 0 radical (unpaired) electrons. The molecule has 1 aliphatic carbocycles. The maximum Gasteiger partial charge on any atom is 0.189 e. The van der Waals surface area contributed by atoms with Crippen LogP contribution >= 0.6 is 0 Å². The molecule has 0 bridgehead atoms. The molecule has 0 saturated carbocycles. The number of rotatable bonds is 4. The summed E-state index contributed by atoms with van der Waals surface area (Å²) >= 11 is 0. The maximum absolute atomic E-state index is 11.7. The first-order valence-corrected chi connectivity index (χ1v) is 6.25. The molecule has 1 aliphatic rings. The van der Waals surface area contributed by atoms with Crippen LogP contribution in [-0.4, -0.2) is 11.6 Å². The SMILES string of the molecule is CC(C)=CCCc1coc(C2=CC(=O)C=CC2=O)c1. The van der Waals surface area contributed by atoms with Crippen molar-refractivity contribution < 1.29 is 14.0 Å². The van der Waals surface area contributed by atoms with Crippen molar-refractivity contribution in [1.29, 1.82) is 0 Å². The summed E-state index contributed by atoms with van der Waals surface area (Å²) in [5, 5.41) is 0. The monoisotopic (exact) mass is 256 g/mol. The molecule has 1 aromatic rings. The van der Waals surface area contributed by atoms with Gasteiger partial charge in [-0.1, -0.05) is 11.6 Å². The predicted molar refractivity (Wildman–Crippen MR) is 73.6 cm³/mol. The van der Waals surface area contributed by atoms with Crippen LogP contribution < -0.4 is 0 Å². The fourth-order valence-electron chi connectivity index (χ4n) is 1.88. The molecule has 0 N–H and O–H groups in total. The van der Waals surface area contributed by atoms with Gasteiger partial charge in [0.05, 0.1) is 11.8 Å². The van der Waals surface area contributed by atoms with Gasteiger partial charge in [0.2, 0.25) is 0 Å². The summed E-state index contributed by atoms with van der Waals surface area (Å²) in [7, 11) is 0. The number of aryl methyl sites for hydroxylation is 1. The molecule has 1 heterocycles. The predicted octanol–water partition coefficient (Wildman–Crippen LogP) is 3.27. The molecule has 98 valence electrons. The second-order valence-corrected chi connectivity index (χ2v) is 4.80. The summed E-state index contributed by atoms with van der Waals surface area (Å²) in [4.78, 5) is 23.0. The lowest BCUT2D eigenvalue weighted by Crippen LogP contribution is -2.05. The Morgan fingerprint density at radius 1 is 1.26 bits per heavy atom. The highest BCUT2D eigenvalue weighted by Gasteiger charge is 2.18. The molecule has 0 aliphatic heterocycles. The van der Waals surface area contributed by atoms with Crippen LogP contribution in [0.4, 0.5) is 0 Å². The van der Waals surface area contributed by atoms with E-state index in [1.807, 2.05) is 6.07 Å². The van der Waals surface area contributed by atoms with Crippen LogP contribution in [0.15, 0.2) is 46.6 Å². The molecule has 0 spiro atoms. The normalized spacial score (nSPS) is 14.5. The van der Waals surface area contributed by atoms with Crippen molar-refractivity contribution in [3.8, 4) is 0 Å². The Morgan fingerprint density at radius 3 is 2.79 bits per heavy atom. The quantitative estimate of drug-likeness (QED) is 0.613. The van der Waals surface area contributed by atoms with E-state index in [-0.39, 0.29) is 11.6 Å². The fourth-order valence-corrected chi connectivity index (χ4v) is 1.88. The van der Waals surface area contributed by atoms with Crippen LogP contribution in [0.3, 0.4) is 0 Å². The first-order chi connectivity index (χ1) is 9.06. The molecule has 19 heavy (non-hydrogen) atoms. The fraction of sp³-hybridized carbons (Fsp3) is 0.250. The average Bonchev–Trinajstić information content (AvgIpc) is 2.80. The molecule has 3 nitrogen and oxygen atoms in total. The van der Waals surface area contributed by atoms with Crippen molar-refractivity contribution in [3.05, 3.63) is 53.5 Å². The molecule has 1 aromatic heterocycles. The molecule has 3 heteroatoms. The number of allylic oxidation sites excluding steroid dienone is 6. The zero-order valence-electron chi connectivity index (χ0n) is 11.1. The second kappa shape index (κ2) is 5.65. The van der Waals surface area contributed by atoms with Crippen LogP contribution in [0.25, 0.3) is 5.57 Å². The number of ketones is 2. The van der Waals surface area contributed by atoms with Gasteiger partial charge in [0.25, 0.3) is 0 Å². The molecule has 0 aromatic carbocycles. The topological polar surface area (TPSA) is 47.3 Å². The highest BCUT2D eigenvalue weighted by molar-refractivity contribution is 6.33. The summed E-state index contributed by atoms with van der Waals surface area (Å²) in [6.45, 7) is 4.12. The molecule has 0 atom stereocenters. The minimum Gasteiger partial charge on any atom is -0.464 e. The van der Waals surface area contributed by atoms with Crippen LogP contribution in [0.5, 0.6) is 0 Å². The third kappa shape index (κ3) is 3.41. The molecule has 2 rings (SSSR count). The van der Waals surface area contributed by atoms with E-state index in [9.17, 15) is 9.59 Å². The highest BCUT2D eigenvalue weighted by atomic mass is 16.3. The Labute approximate surface area is 112 Å². The van der Waals surface area contributed by atoms with Crippen LogP contribution in [0.2, 0.25) is 0 Å². The Morgan fingerprint density at radius 2 is 2.05 bits per heavy atom. The van der Waals surface area contributed by atoms with Gasteiger partial charge in [-0.05, 0) is 50.5 Å². The van der Waals surface area contributed by atoms with Gasteiger partial charge in [0.15, 0.2) is 11.6 Å². The third-order valence-corrected chi connectivity index (χ3v) is 2.86. The standard InChI is InChI=1S/C16H16O3/c1-11(2)4-3-5-12-8-16(19-10-12)14-9-13(17)6-7-15(14)18/h4,6-10H,3,5H2,1-2H3. The largest absolute Gasteiger partial charge is 0.464 e. The maximum atomic E-state index is 11.7. The average molecular weight is 256 g/mol. The third-order valence-electron chi connectivity index (χ3n) is 2.86. The zero-order valence-corrected chi connectivity index (χ0v) is 11.1. The number of carbonyl (C=O) groups is 2. The minimum absolute atomic E-state index is 0.183. The van der Waals surface area contributed by atoms with Gasteiger partial charge >= 0.3 is 0 Å². The summed E-state index contributed by atoms with van der Waals surface area (Å²) in [5.41, 5.74) is 2.65. The van der Waals surface area contributed by atoms with E-state index in [2.05, 4.69) is 19.9 Å². The van der Waals surface area contributed by atoms with Crippen LogP contribution in [0, 0.1) is 0 Å². The van der Waals surface area contributed by atoms with Crippen molar-refractivity contribution >= 4 is 17.1 Å². The van der Waals surface area contributed by atoms with E-state index in [4.69, 9.17) is 4.42 Å². The van der Waals surface area contributed by atoms with E-state index >= 15 is 0 Å². The lowest BCUT2D eigenvalue weighted by Gasteiger charge is -2.02. The van der Waals surface area contributed by atoms with Gasteiger partial charge in [-0.3, -0.25) is 9.59 Å². The molecule has 0 unspecified atom stereocenters. The van der Waals surface area contributed by atoms with Gasteiger partial charge in [-0.2, -0.15) is 0 Å². The van der Waals surface area contributed by atoms with E-state index in [1.54, 1.807) is 6.26 Å². The zero-order chi connectivity index (χ0) is 13.8. The van der Waals surface area contributed by atoms with E-state index in [0.717, 1.165) is 18.4 Å². The molecular formula is C16H16O3. The molecule has 0 amide bonds. The van der Waals surface area contributed by atoms with Gasteiger partial charge in [-0.25, -0.2) is 0 Å². The summed E-state index contributed by atoms with van der Waals surface area (Å²) in [5.74, 6) is 0.0942. The second-order valence-electron chi connectivity index (χ2n) is 4.80. The number of hydrogen-bond donors (Lipinski definition) is 0. The molecule has 0 saturated heterocycles. The first kappa shape index (κ1) is 13.3. The van der Waals surface area contributed by atoms with Crippen molar-refractivity contribution in [2.75, 3.05) is 0 Å². The molecular weight excluding hydrogens is 240 g/mol. The summed E-state index contributed by atoms with van der Waals surface area (Å²) in [6, 6.07) is 1.83. The van der Waals surface area contributed by atoms with Gasteiger partial charge in [0.1, 0.15) is 5.76 Å². The van der Waals surface area contributed by atoms with Gasteiger partial charge in [-0.15, -0.1) is 0 Å². The van der Waals surface area contributed by atoms with Gasteiger partial charge < -0.3 is 4.42 Å². The lowest BCUT2D eigenvalue weighted by molar-refractivity contribution is -0.113. The Balaban J connectivity index is 2.11. The Kier molecular flexibility index (Phi) is 3.95. The van der Waals surface area contributed by atoms with Gasteiger partial charge in [0, 0.05) is 6.08 Å². The van der Waals surface area contributed by atoms with Crippen molar-refractivity contribution in [1.82, 2.24) is 0 Å². The molecule has 0 fully saturated rings. The summed E-state index contributed by atoms with van der Waals surface area (Å²) < 4.78 is 5.38. The Bertz CT molecular complexity index is 593. The van der Waals surface area contributed by atoms with E-state index < -0.39 is 0 Å². The van der Waals surface area contributed by atoms with E-state index in [1.165, 1.54) is 23.8 Å². The number of hydrogen-bond acceptors (Lipinski definition) is 3. The van der Waals surface area contributed by atoms with Crippen LogP contribution in [0.1, 0.15) is 31.6 Å². The highest BCUT2D eigenvalue weighted by Crippen LogP contribution is 2.22. The van der Waals surface area contributed by atoms with Crippen LogP contribution in [-0.2, 0) is 16.0 Å². The Hall–Kier alpha value is -2.16. The summed E-state index contributed by atoms with van der Waals surface area (Å²) in [6.07, 6.45) is 9.47. The van der Waals surface area contributed by atoms with Crippen molar-refractivity contribution in [2.45, 2.75) is 26.7 Å². The van der Waals surface area contributed by atoms with Crippen molar-refractivity contribution in [3.63, 3.8) is 0 Å². The minimum atomic E-state index is -0.190.